The molecule has 8 heteroatoms. The molecule has 0 aromatic carbocycles. The van der Waals surface area contributed by atoms with E-state index in [0.717, 1.165) is 0 Å². The third-order valence-electron chi connectivity index (χ3n) is 3.09. The lowest BCUT2D eigenvalue weighted by molar-refractivity contribution is 0.00434. The van der Waals surface area contributed by atoms with Gasteiger partial charge in [-0.1, -0.05) is 0 Å². The molecule has 0 amide bonds. The molecule has 108 valence electrons. The number of ether oxygens (including phenoxy) is 1. The molecule has 0 saturated carbocycles. The third kappa shape index (κ3) is 2.81. The highest BCUT2D eigenvalue weighted by molar-refractivity contribution is 7.89. The Kier molecular flexibility index (Phi) is 4.24. The van der Waals surface area contributed by atoms with Crippen LogP contribution in [-0.4, -0.2) is 54.8 Å². The fraction of sp³-hybridized carbons (Fsp3) is 0.727. The van der Waals surface area contributed by atoms with E-state index in [1.807, 2.05) is 13.8 Å². The lowest BCUT2D eigenvalue weighted by Gasteiger charge is -2.31. The van der Waals surface area contributed by atoms with Crippen molar-refractivity contribution in [1.82, 2.24) is 14.1 Å². The molecule has 2 heterocycles. The summed E-state index contributed by atoms with van der Waals surface area (Å²) in [5.74, 6) is 0. The van der Waals surface area contributed by atoms with Crippen LogP contribution in [0.2, 0.25) is 0 Å². The van der Waals surface area contributed by atoms with Crippen molar-refractivity contribution in [3.05, 3.63) is 12.3 Å². The van der Waals surface area contributed by atoms with Crippen LogP contribution in [0.1, 0.15) is 19.9 Å². The van der Waals surface area contributed by atoms with Gasteiger partial charge >= 0.3 is 0 Å². The van der Waals surface area contributed by atoms with Gasteiger partial charge in [0.25, 0.3) is 10.0 Å². The molecule has 1 fully saturated rings. The zero-order valence-electron chi connectivity index (χ0n) is 11.2. The third-order valence-corrected chi connectivity index (χ3v) is 4.95. The molecule has 2 N–H and O–H groups in total. The summed E-state index contributed by atoms with van der Waals surface area (Å²) < 4.78 is 33.5. The van der Waals surface area contributed by atoms with Crippen LogP contribution in [0, 0.1) is 0 Å². The van der Waals surface area contributed by atoms with E-state index in [2.05, 4.69) is 5.10 Å². The Morgan fingerprint density at radius 1 is 1.58 bits per heavy atom. The molecule has 0 bridgehead atoms. The fourth-order valence-corrected chi connectivity index (χ4v) is 3.75. The minimum atomic E-state index is -3.54. The van der Waals surface area contributed by atoms with Gasteiger partial charge in [0.2, 0.25) is 0 Å². The van der Waals surface area contributed by atoms with Crippen LogP contribution < -0.4 is 5.73 Å². The average Bonchev–Trinajstić information content (AvgIpc) is 2.89. The molecule has 1 aromatic heterocycles. The standard InChI is InChI=1S/C11H20N4O3S/c1-9(2)15-11(3-4-13-15)19(16,17)14-5-6-18-10(7-12)8-14/h3-4,9-10H,5-8,12H2,1-2H3/t10-/m0/s1. The van der Waals surface area contributed by atoms with E-state index in [1.54, 1.807) is 0 Å². The van der Waals surface area contributed by atoms with Crippen molar-refractivity contribution in [2.75, 3.05) is 26.2 Å². The van der Waals surface area contributed by atoms with E-state index < -0.39 is 10.0 Å². The maximum absolute atomic E-state index is 12.6. The van der Waals surface area contributed by atoms with Gasteiger partial charge in [-0.25, -0.2) is 8.42 Å². The van der Waals surface area contributed by atoms with E-state index >= 15 is 0 Å². The summed E-state index contributed by atoms with van der Waals surface area (Å²) in [7, 11) is -3.54. The van der Waals surface area contributed by atoms with Gasteiger partial charge in [-0.05, 0) is 19.9 Å². The highest BCUT2D eigenvalue weighted by Crippen LogP contribution is 2.20. The first kappa shape index (κ1) is 14.4. The van der Waals surface area contributed by atoms with Crippen LogP contribution in [0.5, 0.6) is 0 Å². The summed E-state index contributed by atoms with van der Waals surface area (Å²) in [5, 5.41) is 4.29. The molecule has 0 radical (unpaired) electrons. The minimum Gasteiger partial charge on any atom is -0.374 e. The van der Waals surface area contributed by atoms with E-state index in [9.17, 15) is 8.42 Å². The Labute approximate surface area is 113 Å². The SMILES string of the molecule is CC(C)n1nccc1S(=O)(=O)N1CCO[C@@H](CN)C1. The smallest absolute Gasteiger partial charge is 0.260 e. The molecule has 0 unspecified atom stereocenters. The summed E-state index contributed by atoms with van der Waals surface area (Å²) in [6.07, 6.45) is 1.27. The molecule has 1 aliphatic heterocycles. The van der Waals surface area contributed by atoms with Crippen LogP contribution in [0.15, 0.2) is 17.3 Å². The Morgan fingerprint density at radius 3 is 2.95 bits per heavy atom. The number of hydrogen-bond acceptors (Lipinski definition) is 5. The van der Waals surface area contributed by atoms with Crippen molar-refractivity contribution < 1.29 is 13.2 Å². The summed E-state index contributed by atoms with van der Waals surface area (Å²) in [6, 6.07) is 1.52. The van der Waals surface area contributed by atoms with Crippen molar-refractivity contribution in [3.63, 3.8) is 0 Å². The molecule has 1 aliphatic rings. The van der Waals surface area contributed by atoms with Gasteiger partial charge < -0.3 is 10.5 Å². The van der Waals surface area contributed by atoms with Crippen molar-refractivity contribution in [3.8, 4) is 0 Å². The first-order valence-electron chi connectivity index (χ1n) is 6.32. The van der Waals surface area contributed by atoms with Crippen LogP contribution >= 0.6 is 0 Å². The number of morpholine rings is 1. The second kappa shape index (κ2) is 5.58. The van der Waals surface area contributed by atoms with Crippen LogP contribution in [0.4, 0.5) is 0 Å². The Balaban J connectivity index is 2.29. The molecular weight excluding hydrogens is 268 g/mol. The number of rotatable bonds is 4. The van der Waals surface area contributed by atoms with Gasteiger partial charge in [-0.15, -0.1) is 0 Å². The van der Waals surface area contributed by atoms with Gasteiger partial charge in [-0.3, -0.25) is 4.68 Å². The van der Waals surface area contributed by atoms with Gasteiger partial charge in [0, 0.05) is 25.7 Å². The second-order valence-corrected chi connectivity index (χ2v) is 6.68. The van der Waals surface area contributed by atoms with E-state index in [1.165, 1.54) is 21.3 Å². The Hall–Kier alpha value is -0.960. The van der Waals surface area contributed by atoms with E-state index in [0.29, 0.717) is 26.2 Å². The van der Waals surface area contributed by atoms with Crippen molar-refractivity contribution in [2.24, 2.45) is 5.73 Å². The Morgan fingerprint density at radius 2 is 2.32 bits per heavy atom. The quantitative estimate of drug-likeness (QED) is 0.829. The maximum atomic E-state index is 12.6. The summed E-state index contributed by atoms with van der Waals surface area (Å²) in [6.45, 7) is 5.12. The summed E-state index contributed by atoms with van der Waals surface area (Å²) >= 11 is 0. The summed E-state index contributed by atoms with van der Waals surface area (Å²) in [5.41, 5.74) is 5.54. The van der Waals surface area contributed by atoms with Crippen molar-refractivity contribution in [1.29, 1.82) is 0 Å². The van der Waals surface area contributed by atoms with Crippen molar-refractivity contribution >= 4 is 10.0 Å². The zero-order valence-corrected chi connectivity index (χ0v) is 12.0. The van der Waals surface area contributed by atoms with Gasteiger partial charge in [-0.2, -0.15) is 9.40 Å². The number of nitrogens with two attached hydrogens (primary N) is 1. The normalized spacial score (nSPS) is 22.0. The lowest BCUT2D eigenvalue weighted by atomic mass is 10.3. The number of sulfonamides is 1. The highest BCUT2D eigenvalue weighted by Gasteiger charge is 2.32. The number of aromatic nitrogens is 2. The molecule has 1 saturated heterocycles. The molecule has 7 nitrogen and oxygen atoms in total. The molecule has 2 rings (SSSR count). The predicted molar refractivity (Wildman–Crippen MR) is 70.2 cm³/mol. The molecule has 0 aliphatic carbocycles. The Bertz CT molecular complexity index is 526. The first-order valence-corrected chi connectivity index (χ1v) is 7.76. The topological polar surface area (TPSA) is 90.5 Å². The number of hydrogen-bond donors (Lipinski definition) is 1. The summed E-state index contributed by atoms with van der Waals surface area (Å²) in [4.78, 5) is 0. The van der Waals surface area contributed by atoms with Crippen LogP contribution in [0.3, 0.4) is 0 Å². The van der Waals surface area contributed by atoms with E-state index in [-0.39, 0.29) is 17.2 Å². The minimum absolute atomic E-state index is 0.00822. The molecule has 1 aromatic rings. The molecule has 0 spiro atoms. The average molecular weight is 288 g/mol. The second-order valence-electron chi connectivity index (χ2n) is 4.80. The van der Waals surface area contributed by atoms with Crippen LogP contribution in [-0.2, 0) is 14.8 Å². The largest absolute Gasteiger partial charge is 0.374 e. The van der Waals surface area contributed by atoms with Crippen molar-refractivity contribution in [2.45, 2.75) is 31.0 Å². The highest BCUT2D eigenvalue weighted by atomic mass is 32.2. The molecular formula is C11H20N4O3S. The number of nitrogens with zero attached hydrogens (tertiary/aromatic N) is 3. The first-order chi connectivity index (χ1) is 8.96. The predicted octanol–water partition coefficient (Wildman–Crippen LogP) is -0.188. The maximum Gasteiger partial charge on any atom is 0.260 e. The van der Waals surface area contributed by atoms with E-state index in [4.69, 9.17) is 10.5 Å². The molecule has 19 heavy (non-hydrogen) atoms. The zero-order chi connectivity index (χ0) is 14.0. The lowest BCUT2D eigenvalue weighted by Crippen LogP contribution is -2.48. The monoisotopic (exact) mass is 288 g/mol. The van der Waals surface area contributed by atoms with Crippen LogP contribution in [0.25, 0.3) is 0 Å². The fourth-order valence-electron chi connectivity index (χ4n) is 2.08. The van der Waals surface area contributed by atoms with Gasteiger partial charge in [0.1, 0.15) is 0 Å². The van der Waals surface area contributed by atoms with Gasteiger partial charge in [0.15, 0.2) is 5.03 Å². The molecule has 1 atom stereocenters. The van der Waals surface area contributed by atoms with Gasteiger partial charge in [0.05, 0.1) is 18.9 Å².